The highest BCUT2D eigenvalue weighted by Gasteiger charge is 2.29. The Labute approximate surface area is 131 Å². The Balaban J connectivity index is 2.43. The standard InChI is InChI=1S/C16H23ClN2O2/c1-10-6-4-5-7-14(10)19(2)15-12(16(20)21-3)8-11(18)9-13(15)17/h8-10,14H,4-7,18H2,1-3H3. The molecule has 0 aromatic heterocycles. The molecule has 1 aliphatic rings. The number of nitrogens with two attached hydrogens (primary N) is 1. The maximum atomic E-state index is 12.0. The van der Waals surface area contributed by atoms with E-state index in [1.165, 1.54) is 26.4 Å². The van der Waals surface area contributed by atoms with E-state index in [-0.39, 0.29) is 0 Å². The number of methoxy groups -OCH3 is 1. The molecule has 21 heavy (non-hydrogen) atoms. The number of esters is 1. The molecule has 0 saturated heterocycles. The van der Waals surface area contributed by atoms with Gasteiger partial charge in [-0.3, -0.25) is 0 Å². The second-order valence-corrected chi connectivity index (χ2v) is 6.24. The van der Waals surface area contributed by atoms with Crippen LogP contribution in [0, 0.1) is 5.92 Å². The molecule has 1 saturated carbocycles. The van der Waals surface area contributed by atoms with Gasteiger partial charge in [0, 0.05) is 18.8 Å². The van der Waals surface area contributed by atoms with Crippen LogP contribution in [-0.4, -0.2) is 26.2 Å². The van der Waals surface area contributed by atoms with Gasteiger partial charge in [-0.05, 0) is 30.9 Å². The highest BCUT2D eigenvalue weighted by atomic mass is 35.5. The normalized spacial score (nSPS) is 21.9. The summed E-state index contributed by atoms with van der Waals surface area (Å²) in [5.41, 5.74) is 7.43. The van der Waals surface area contributed by atoms with Gasteiger partial charge in [0.15, 0.2) is 0 Å². The maximum absolute atomic E-state index is 12.0. The Bertz CT molecular complexity index is 533. The summed E-state index contributed by atoms with van der Waals surface area (Å²) in [5, 5.41) is 0.496. The van der Waals surface area contributed by atoms with E-state index in [9.17, 15) is 4.79 Å². The summed E-state index contributed by atoms with van der Waals surface area (Å²) in [6.45, 7) is 2.25. The zero-order chi connectivity index (χ0) is 15.6. The molecule has 1 aromatic rings. The molecule has 5 heteroatoms. The van der Waals surface area contributed by atoms with Crippen molar-refractivity contribution in [3.05, 3.63) is 22.7 Å². The summed E-state index contributed by atoms with van der Waals surface area (Å²) in [7, 11) is 3.36. The number of benzene rings is 1. The topological polar surface area (TPSA) is 55.6 Å². The fourth-order valence-electron chi connectivity index (χ4n) is 3.28. The van der Waals surface area contributed by atoms with Crippen molar-refractivity contribution in [2.75, 3.05) is 24.8 Å². The van der Waals surface area contributed by atoms with E-state index in [2.05, 4.69) is 11.8 Å². The lowest BCUT2D eigenvalue weighted by molar-refractivity contribution is 0.0601. The summed E-state index contributed by atoms with van der Waals surface area (Å²) in [5.74, 6) is 0.164. The van der Waals surface area contributed by atoms with Crippen LogP contribution in [0.4, 0.5) is 11.4 Å². The predicted molar refractivity (Wildman–Crippen MR) is 87.0 cm³/mol. The van der Waals surface area contributed by atoms with Gasteiger partial charge in [-0.15, -0.1) is 0 Å². The molecule has 4 nitrogen and oxygen atoms in total. The van der Waals surface area contributed by atoms with Gasteiger partial charge in [-0.1, -0.05) is 31.4 Å². The number of hydrogen-bond donors (Lipinski definition) is 1. The summed E-state index contributed by atoms with van der Waals surface area (Å²) in [6, 6.07) is 3.70. The number of nitrogens with zero attached hydrogens (tertiary/aromatic N) is 1. The Morgan fingerprint density at radius 2 is 2.05 bits per heavy atom. The molecule has 1 fully saturated rings. The lowest BCUT2D eigenvalue weighted by atomic mass is 9.84. The lowest BCUT2D eigenvalue weighted by Gasteiger charge is -2.38. The molecular formula is C16H23ClN2O2. The zero-order valence-electron chi connectivity index (χ0n) is 12.9. The lowest BCUT2D eigenvalue weighted by Crippen LogP contribution is -2.40. The minimum Gasteiger partial charge on any atom is -0.465 e. The number of rotatable bonds is 3. The molecule has 2 unspecified atom stereocenters. The van der Waals surface area contributed by atoms with Crippen molar-refractivity contribution < 1.29 is 9.53 Å². The van der Waals surface area contributed by atoms with Gasteiger partial charge in [-0.2, -0.15) is 0 Å². The van der Waals surface area contributed by atoms with Crippen molar-refractivity contribution in [1.29, 1.82) is 0 Å². The molecule has 1 aliphatic carbocycles. The van der Waals surface area contributed by atoms with Crippen LogP contribution in [0.2, 0.25) is 5.02 Å². The Morgan fingerprint density at radius 3 is 2.67 bits per heavy atom. The molecule has 0 spiro atoms. The summed E-state index contributed by atoms with van der Waals surface area (Å²) < 4.78 is 4.87. The number of ether oxygens (including phenoxy) is 1. The molecule has 1 aromatic carbocycles. The van der Waals surface area contributed by atoms with Crippen LogP contribution in [0.1, 0.15) is 43.0 Å². The fraction of sp³-hybridized carbons (Fsp3) is 0.562. The molecule has 0 amide bonds. The van der Waals surface area contributed by atoms with Crippen molar-refractivity contribution in [2.45, 2.75) is 38.6 Å². The van der Waals surface area contributed by atoms with E-state index < -0.39 is 5.97 Å². The average molecular weight is 311 g/mol. The van der Waals surface area contributed by atoms with Crippen molar-refractivity contribution in [3.63, 3.8) is 0 Å². The SMILES string of the molecule is COC(=O)c1cc(N)cc(Cl)c1N(C)C1CCCCC1C. The Kier molecular flexibility index (Phi) is 4.99. The fourth-order valence-corrected chi connectivity index (χ4v) is 3.64. The van der Waals surface area contributed by atoms with Gasteiger partial charge in [-0.25, -0.2) is 4.79 Å². The summed E-state index contributed by atoms with van der Waals surface area (Å²) in [6.07, 6.45) is 4.79. The summed E-state index contributed by atoms with van der Waals surface area (Å²) >= 11 is 6.37. The Morgan fingerprint density at radius 1 is 1.38 bits per heavy atom. The minimum atomic E-state index is -0.408. The third kappa shape index (κ3) is 3.26. The van der Waals surface area contributed by atoms with Crippen LogP contribution in [0.5, 0.6) is 0 Å². The quantitative estimate of drug-likeness (QED) is 0.683. The molecule has 0 heterocycles. The molecule has 2 atom stereocenters. The molecule has 2 rings (SSSR count). The van der Waals surface area contributed by atoms with E-state index in [0.29, 0.717) is 28.2 Å². The molecular weight excluding hydrogens is 288 g/mol. The van der Waals surface area contributed by atoms with Crippen molar-refractivity contribution in [3.8, 4) is 0 Å². The van der Waals surface area contributed by atoms with E-state index in [4.69, 9.17) is 22.1 Å². The number of anilines is 2. The number of hydrogen-bond acceptors (Lipinski definition) is 4. The highest BCUT2D eigenvalue weighted by Crippen LogP contribution is 2.37. The van der Waals surface area contributed by atoms with Crippen molar-refractivity contribution in [2.24, 2.45) is 5.92 Å². The largest absolute Gasteiger partial charge is 0.465 e. The smallest absolute Gasteiger partial charge is 0.340 e. The number of nitrogen functional groups attached to an aromatic ring is 1. The molecule has 0 aliphatic heterocycles. The van der Waals surface area contributed by atoms with E-state index in [1.807, 2.05) is 7.05 Å². The summed E-state index contributed by atoms with van der Waals surface area (Å²) in [4.78, 5) is 14.2. The average Bonchev–Trinajstić information content (AvgIpc) is 2.45. The van der Waals surface area contributed by atoms with Crippen LogP contribution < -0.4 is 10.6 Å². The maximum Gasteiger partial charge on any atom is 0.340 e. The second-order valence-electron chi connectivity index (χ2n) is 5.83. The first-order valence-corrected chi connectivity index (χ1v) is 7.73. The first-order valence-electron chi connectivity index (χ1n) is 7.36. The van der Waals surface area contributed by atoms with Gasteiger partial charge in [0.2, 0.25) is 0 Å². The van der Waals surface area contributed by atoms with E-state index in [1.54, 1.807) is 12.1 Å². The van der Waals surface area contributed by atoms with E-state index in [0.717, 1.165) is 12.1 Å². The number of carbonyl (C=O) groups is 1. The molecule has 0 bridgehead atoms. The minimum absolute atomic E-state index is 0.378. The van der Waals surface area contributed by atoms with Crippen LogP contribution >= 0.6 is 11.6 Å². The molecule has 2 N–H and O–H groups in total. The first-order chi connectivity index (χ1) is 9.95. The Hall–Kier alpha value is -1.42. The molecule has 116 valence electrons. The van der Waals surface area contributed by atoms with Crippen molar-refractivity contribution >= 4 is 28.9 Å². The van der Waals surface area contributed by atoms with Crippen LogP contribution in [0.15, 0.2) is 12.1 Å². The van der Waals surface area contributed by atoms with E-state index >= 15 is 0 Å². The molecule has 0 radical (unpaired) electrons. The zero-order valence-corrected chi connectivity index (χ0v) is 13.6. The monoisotopic (exact) mass is 310 g/mol. The van der Waals surface area contributed by atoms with Gasteiger partial charge < -0.3 is 15.4 Å². The van der Waals surface area contributed by atoms with Gasteiger partial charge in [0.25, 0.3) is 0 Å². The first kappa shape index (κ1) is 16.0. The highest BCUT2D eigenvalue weighted by molar-refractivity contribution is 6.34. The number of halogens is 1. The van der Waals surface area contributed by atoms with Gasteiger partial charge in [0.1, 0.15) is 0 Å². The van der Waals surface area contributed by atoms with Crippen LogP contribution in [0.3, 0.4) is 0 Å². The van der Waals surface area contributed by atoms with Gasteiger partial charge in [0.05, 0.1) is 23.4 Å². The second kappa shape index (κ2) is 6.56. The van der Waals surface area contributed by atoms with Crippen LogP contribution in [-0.2, 0) is 4.74 Å². The predicted octanol–water partition coefficient (Wildman–Crippen LogP) is 3.72. The van der Waals surface area contributed by atoms with Crippen molar-refractivity contribution in [1.82, 2.24) is 0 Å². The third-order valence-corrected chi connectivity index (χ3v) is 4.70. The number of carbonyl (C=O) groups excluding carboxylic acids is 1. The van der Waals surface area contributed by atoms with Crippen LogP contribution in [0.25, 0.3) is 0 Å². The third-order valence-electron chi connectivity index (χ3n) is 4.41. The van der Waals surface area contributed by atoms with Gasteiger partial charge >= 0.3 is 5.97 Å².